The van der Waals surface area contributed by atoms with Crippen LogP contribution in [0.25, 0.3) is 11.1 Å². The number of fused-ring (bicyclic) bond motifs is 1. The molecule has 2 aromatic heterocycles. The summed E-state index contributed by atoms with van der Waals surface area (Å²) in [6, 6.07) is 16.3. The van der Waals surface area contributed by atoms with Gasteiger partial charge in [0.05, 0.1) is 29.6 Å². The molecule has 0 spiro atoms. The molecule has 298 valence electrons. The second-order valence-electron chi connectivity index (χ2n) is 16.8. The molecule has 0 fully saturated rings. The summed E-state index contributed by atoms with van der Waals surface area (Å²) in [4.78, 5) is 50.7. The lowest BCUT2D eigenvalue weighted by molar-refractivity contribution is 0.0205. The molecule has 13 heteroatoms. The first-order chi connectivity index (χ1) is 26.2. The molecule has 1 aliphatic rings. The zero-order valence-corrected chi connectivity index (χ0v) is 36.0. The monoisotopic (exact) mass is 798 g/mol. The van der Waals surface area contributed by atoms with Crippen molar-refractivity contribution in [2.75, 3.05) is 30.3 Å². The molecule has 5 rings (SSSR count). The minimum Gasteiger partial charge on any atom is -0.444 e. The molecule has 3 heterocycles. The molecular weight excluding hydrogens is 744 g/mol. The molecule has 0 atom stereocenters. The van der Waals surface area contributed by atoms with Crippen LogP contribution >= 0.6 is 11.6 Å². The molecule has 0 unspecified atom stereocenters. The number of rotatable bonds is 11. The third-order valence-electron chi connectivity index (χ3n) is 10.3. The first-order valence-electron chi connectivity index (χ1n) is 19.0. The van der Waals surface area contributed by atoms with Gasteiger partial charge in [0, 0.05) is 30.5 Å². The summed E-state index contributed by atoms with van der Waals surface area (Å²) >= 11 is 6.93. The first-order valence-corrected chi connectivity index (χ1v) is 22.3. The Hall–Kier alpha value is -4.62. The van der Waals surface area contributed by atoms with Crippen LogP contribution in [0.1, 0.15) is 90.5 Å². The zero-order valence-electron chi connectivity index (χ0n) is 34.3. The van der Waals surface area contributed by atoms with Crippen molar-refractivity contribution in [3.63, 3.8) is 0 Å². The van der Waals surface area contributed by atoms with E-state index in [1.807, 2.05) is 71.0 Å². The molecule has 0 saturated carbocycles. The van der Waals surface area contributed by atoms with E-state index in [0.29, 0.717) is 47.4 Å². The number of hydrogen-bond acceptors (Lipinski definition) is 8. The molecule has 11 nitrogen and oxygen atoms in total. The predicted octanol–water partition coefficient (Wildman–Crippen LogP) is 9.32. The smallest absolute Gasteiger partial charge is 0.410 e. The summed E-state index contributed by atoms with van der Waals surface area (Å²) in [5, 5.41) is 9.66. The number of pyridine rings is 2. The van der Waals surface area contributed by atoms with Crippen molar-refractivity contribution in [2.24, 2.45) is 0 Å². The van der Waals surface area contributed by atoms with Crippen LogP contribution in [0.15, 0.2) is 60.8 Å². The maximum Gasteiger partial charge on any atom is 0.410 e. The summed E-state index contributed by atoms with van der Waals surface area (Å²) in [6.45, 7) is 22.8. The van der Waals surface area contributed by atoms with Crippen LogP contribution in [0.5, 0.6) is 0 Å². The maximum absolute atomic E-state index is 13.5. The highest BCUT2D eigenvalue weighted by Gasteiger charge is 2.37. The summed E-state index contributed by atoms with van der Waals surface area (Å²) < 4.78 is 12.1. The van der Waals surface area contributed by atoms with E-state index in [1.54, 1.807) is 29.3 Å². The molecular formula is C43H55ClN6O5Si. The Morgan fingerprint density at radius 2 is 1.57 bits per heavy atom. The largest absolute Gasteiger partial charge is 0.444 e. The van der Waals surface area contributed by atoms with Crippen LogP contribution in [0.3, 0.4) is 0 Å². The highest BCUT2D eigenvalue weighted by molar-refractivity contribution is 6.74. The predicted molar refractivity (Wildman–Crippen MR) is 226 cm³/mol. The van der Waals surface area contributed by atoms with Gasteiger partial charge in [0.2, 0.25) is 0 Å². The van der Waals surface area contributed by atoms with Crippen LogP contribution in [0, 0.1) is 13.8 Å². The number of amides is 3. The van der Waals surface area contributed by atoms with Crippen molar-refractivity contribution < 1.29 is 23.5 Å². The summed E-state index contributed by atoms with van der Waals surface area (Å²) in [6.07, 6.45) is 2.04. The highest BCUT2D eigenvalue weighted by Crippen LogP contribution is 2.38. The number of halogens is 1. The molecule has 0 radical (unpaired) electrons. The third-order valence-corrected chi connectivity index (χ3v) is 15.3. The molecule has 0 bridgehead atoms. The molecule has 1 aliphatic heterocycles. The summed E-state index contributed by atoms with van der Waals surface area (Å²) in [5.41, 5.74) is 7.08. The van der Waals surface area contributed by atoms with E-state index < -0.39 is 25.9 Å². The van der Waals surface area contributed by atoms with E-state index in [4.69, 9.17) is 20.8 Å². The number of ether oxygens (including phenoxy) is 1. The number of anilines is 2. The molecule has 3 amide bonds. The quantitative estimate of drug-likeness (QED) is 0.128. The fourth-order valence-corrected chi connectivity index (χ4v) is 7.43. The van der Waals surface area contributed by atoms with Crippen LogP contribution in [-0.4, -0.2) is 66.4 Å². The van der Waals surface area contributed by atoms with Crippen LogP contribution in [-0.2, 0) is 28.7 Å². The Bertz CT molecular complexity index is 2090. The van der Waals surface area contributed by atoms with Crippen molar-refractivity contribution in [3.8, 4) is 11.1 Å². The van der Waals surface area contributed by atoms with Gasteiger partial charge in [-0.25, -0.2) is 9.78 Å². The molecule has 3 N–H and O–H groups in total. The van der Waals surface area contributed by atoms with Crippen LogP contribution < -0.4 is 16.0 Å². The fourth-order valence-electron chi connectivity index (χ4n) is 6.12. The van der Waals surface area contributed by atoms with Crippen molar-refractivity contribution in [2.45, 2.75) is 98.6 Å². The van der Waals surface area contributed by atoms with E-state index in [2.05, 4.69) is 59.8 Å². The van der Waals surface area contributed by atoms with Crippen molar-refractivity contribution in [1.82, 2.24) is 20.2 Å². The van der Waals surface area contributed by atoms with E-state index in [1.165, 1.54) is 5.56 Å². The first kappa shape index (κ1) is 42.5. The van der Waals surface area contributed by atoms with E-state index in [0.717, 1.165) is 40.9 Å². The number of carbonyl (C=O) groups excluding carboxylic acids is 3. The van der Waals surface area contributed by atoms with Crippen LogP contribution in [0.2, 0.25) is 23.2 Å². The van der Waals surface area contributed by atoms with Gasteiger partial charge < -0.3 is 30.0 Å². The fraction of sp³-hybridized carbons (Fsp3) is 0.419. The number of nitrogens with one attached hydrogen (secondary N) is 3. The molecule has 4 aromatic rings. The highest BCUT2D eigenvalue weighted by atomic mass is 35.5. The Morgan fingerprint density at radius 1 is 0.911 bits per heavy atom. The average molecular weight is 799 g/mol. The third kappa shape index (κ3) is 10.4. The Labute approximate surface area is 337 Å². The Morgan fingerprint density at radius 3 is 2.23 bits per heavy atom. The zero-order chi connectivity index (χ0) is 41.0. The maximum atomic E-state index is 13.5. The number of hydrogen-bond donors (Lipinski definition) is 3. The summed E-state index contributed by atoms with van der Waals surface area (Å²) in [5.74, 6) is -0.733. The van der Waals surface area contributed by atoms with Crippen molar-refractivity contribution in [1.29, 1.82) is 0 Å². The van der Waals surface area contributed by atoms with Gasteiger partial charge >= 0.3 is 6.09 Å². The van der Waals surface area contributed by atoms with Gasteiger partial charge in [-0.2, -0.15) is 0 Å². The number of aryl methyl sites for hydroxylation is 1. The van der Waals surface area contributed by atoms with Crippen molar-refractivity contribution >= 4 is 49.2 Å². The van der Waals surface area contributed by atoms with Gasteiger partial charge in [0.1, 0.15) is 17.0 Å². The second kappa shape index (κ2) is 17.3. The topological polar surface area (TPSA) is 135 Å². The van der Waals surface area contributed by atoms with Gasteiger partial charge in [0.15, 0.2) is 8.32 Å². The average Bonchev–Trinajstić information content (AvgIpc) is 3.12. The van der Waals surface area contributed by atoms with Gasteiger partial charge in [-0.1, -0.05) is 62.7 Å². The minimum atomic E-state index is -2.01. The van der Waals surface area contributed by atoms with Gasteiger partial charge in [-0.05, 0) is 118 Å². The lowest BCUT2D eigenvalue weighted by atomic mass is 9.98. The second-order valence-corrected chi connectivity index (χ2v) is 22.0. The molecule has 2 aromatic carbocycles. The van der Waals surface area contributed by atoms with E-state index in [9.17, 15) is 14.4 Å². The molecule has 0 saturated heterocycles. The number of benzene rings is 2. The van der Waals surface area contributed by atoms with Crippen molar-refractivity contribution in [3.05, 3.63) is 105 Å². The SMILES string of the molecule is Cc1cc(C(=O)Nc2cccc(-c3cccc(NC(=O)c4ccc(CN(CCO[Si](C)(C)C(C)(C)C)C(=O)OC(C)(C)C)cn4)c3C)c2Cl)nc2c1CCNC2. The van der Waals surface area contributed by atoms with E-state index in [-0.39, 0.29) is 23.2 Å². The van der Waals surface area contributed by atoms with E-state index >= 15 is 0 Å². The van der Waals surface area contributed by atoms with Gasteiger partial charge in [-0.3, -0.25) is 14.6 Å². The molecule has 0 aliphatic carbocycles. The van der Waals surface area contributed by atoms with Crippen LogP contribution in [0.4, 0.5) is 16.2 Å². The number of aromatic nitrogens is 2. The Kier molecular flexibility index (Phi) is 13.1. The lowest BCUT2D eigenvalue weighted by Gasteiger charge is -2.37. The normalized spacial score (nSPS) is 13.1. The minimum absolute atomic E-state index is 0.0411. The standard InChI is InChI=1S/C43H55ClN6O5Si/c1-27-23-36(47-37-25-45-20-19-30(27)37)40(52)49-34-16-12-14-32(38(34)44)31-13-11-15-33(28(31)2)48-39(51)35-18-17-29(24-46-35)26-50(41(53)55-42(3,4)5)21-22-54-56(9,10)43(6,7)8/h11-18,23-24,45H,19-22,25-26H2,1-10H3,(H,48,51)(H,49,52). The Balaban J connectivity index is 1.28. The van der Waals surface area contributed by atoms with Gasteiger partial charge in [0.25, 0.3) is 11.8 Å². The van der Waals surface area contributed by atoms with Gasteiger partial charge in [-0.15, -0.1) is 0 Å². The number of nitrogens with zero attached hydrogens (tertiary/aromatic N) is 3. The molecule has 56 heavy (non-hydrogen) atoms. The lowest BCUT2D eigenvalue weighted by Crippen LogP contribution is -2.44. The number of carbonyl (C=O) groups is 3. The summed E-state index contributed by atoms with van der Waals surface area (Å²) in [7, 11) is -2.01.